The molecule has 0 nitrogen and oxygen atoms in total. The first kappa shape index (κ1) is 19.0. The molecule has 0 heteroatoms. The molecule has 0 aliphatic heterocycles. The molecular weight excluding hydrogens is 336 g/mol. The summed E-state index contributed by atoms with van der Waals surface area (Å²) in [5.41, 5.74) is 4.57. The van der Waals surface area contributed by atoms with Crippen molar-refractivity contribution < 1.29 is 0 Å². The van der Waals surface area contributed by atoms with Gasteiger partial charge in [-0.2, -0.15) is 0 Å². The van der Waals surface area contributed by atoms with Gasteiger partial charge in [0.15, 0.2) is 0 Å². The molecule has 0 saturated carbocycles. The minimum atomic E-state index is 1.05. The number of benzene rings is 4. The Morgan fingerprint density at radius 3 is 0.964 bits per heavy atom. The summed E-state index contributed by atoms with van der Waals surface area (Å²) < 4.78 is 0. The minimum Gasteiger partial charge on any atom is -0.0622 e. The van der Waals surface area contributed by atoms with Crippen molar-refractivity contribution in [2.45, 2.75) is 0 Å². The zero-order valence-corrected chi connectivity index (χ0v) is 15.7. The van der Waals surface area contributed by atoms with E-state index in [2.05, 4.69) is 48.3 Å². The lowest BCUT2D eigenvalue weighted by molar-refractivity contribution is 1.62. The van der Waals surface area contributed by atoms with Gasteiger partial charge in [0.05, 0.1) is 0 Å². The molecule has 0 radical (unpaired) electrons. The van der Waals surface area contributed by atoms with Gasteiger partial charge in [-0.25, -0.2) is 0 Å². The lowest BCUT2D eigenvalue weighted by Crippen LogP contribution is -1.73. The summed E-state index contributed by atoms with van der Waals surface area (Å²) in [5, 5.41) is 0. The van der Waals surface area contributed by atoms with Gasteiger partial charge < -0.3 is 0 Å². The fourth-order valence-electron chi connectivity index (χ4n) is 2.51. The third-order valence-electron chi connectivity index (χ3n) is 3.97. The van der Waals surface area contributed by atoms with E-state index in [-0.39, 0.29) is 0 Å². The summed E-state index contributed by atoms with van der Waals surface area (Å²) in [6.07, 6.45) is 4.24. The minimum absolute atomic E-state index is 1.05. The van der Waals surface area contributed by atoms with Crippen LogP contribution in [-0.2, 0) is 0 Å². The van der Waals surface area contributed by atoms with Crippen LogP contribution < -0.4 is 0 Å². The van der Waals surface area contributed by atoms with Crippen LogP contribution in [0.15, 0.2) is 121 Å². The van der Waals surface area contributed by atoms with Crippen LogP contribution in [0.25, 0.3) is 12.2 Å². The normalized spacial score (nSPS) is 9.71. The summed E-state index contributed by atoms with van der Waals surface area (Å²) in [5.74, 6) is 6.22. The van der Waals surface area contributed by atoms with Crippen LogP contribution >= 0.6 is 0 Å². The van der Waals surface area contributed by atoms with Gasteiger partial charge in [0.25, 0.3) is 0 Å². The Morgan fingerprint density at radius 2 is 0.643 bits per heavy atom. The van der Waals surface area contributed by atoms with Crippen LogP contribution in [0.1, 0.15) is 22.3 Å². The fraction of sp³-hybridized carbons (Fsp3) is 0. The van der Waals surface area contributed by atoms with Gasteiger partial charge in [-0.3, -0.25) is 0 Å². The molecule has 0 unspecified atom stereocenters. The molecule has 28 heavy (non-hydrogen) atoms. The molecule has 0 heterocycles. The highest BCUT2D eigenvalue weighted by atomic mass is 13.9. The van der Waals surface area contributed by atoms with Gasteiger partial charge in [-0.15, -0.1) is 0 Å². The van der Waals surface area contributed by atoms with Crippen molar-refractivity contribution in [1.29, 1.82) is 0 Å². The van der Waals surface area contributed by atoms with Crippen molar-refractivity contribution >= 4 is 12.2 Å². The second-order valence-corrected chi connectivity index (χ2v) is 6.14. The largest absolute Gasteiger partial charge is 0.0622 e. The maximum absolute atomic E-state index is 3.11. The average molecular weight is 358 g/mol. The van der Waals surface area contributed by atoms with Crippen molar-refractivity contribution in [3.8, 4) is 11.8 Å². The molecule has 0 aromatic heterocycles. The van der Waals surface area contributed by atoms with Gasteiger partial charge in [0, 0.05) is 11.1 Å². The third kappa shape index (κ3) is 6.83. The van der Waals surface area contributed by atoms with Gasteiger partial charge in [-0.05, 0) is 35.4 Å². The van der Waals surface area contributed by atoms with Crippen molar-refractivity contribution in [3.05, 3.63) is 144 Å². The van der Waals surface area contributed by atoms with Crippen molar-refractivity contribution in [2.24, 2.45) is 0 Å². The van der Waals surface area contributed by atoms with Crippen LogP contribution in [0.3, 0.4) is 0 Å². The van der Waals surface area contributed by atoms with Crippen LogP contribution in [0.4, 0.5) is 0 Å². The van der Waals surface area contributed by atoms with Gasteiger partial charge in [0.2, 0.25) is 0 Å². The zero-order valence-electron chi connectivity index (χ0n) is 15.7. The van der Waals surface area contributed by atoms with Crippen molar-refractivity contribution in [1.82, 2.24) is 0 Å². The van der Waals surface area contributed by atoms with Crippen molar-refractivity contribution in [3.63, 3.8) is 0 Å². The molecule has 0 spiro atoms. The van der Waals surface area contributed by atoms with E-state index in [1.807, 2.05) is 97.1 Å². The Labute approximate surface area is 167 Å². The van der Waals surface area contributed by atoms with E-state index in [1.165, 1.54) is 11.1 Å². The first-order valence-corrected chi connectivity index (χ1v) is 9.30. The SMILES string of the molecule is C(#Cc1ccccc1)c1ccccc1.C(=C/c1ccccc1)/c1ccccc1. The van der Waals surface area contributed by atoms with E-state index >= 15 is 0 Å². The number of hydrogen-bond acceptors (Lipinski definition) is 0. The quantitative estimate of drug-likeness (QED) is 0.269. The molecule has 4 aromatic carbocycles. The maximum Gasteiger partial charge on any atom is 0.0249 e. The summed E-state index contributed by atoms with van der Waals surface area (Å²) >= 11 is 0. The zero-order chi connectivity index (χ0) is 19.3. The Kier molecular flexibility index (Phi) is 7.46. The van der Waals surface area contributed by atoms with Gasteiger partial charge in [0.1, 0.15) is 0 Å². The predicted octanol–water partition coefficient (Wildman–Crippen LogP) is 6.94. The van der Waals surface area contributed by atoms with E-state index in [0.29, 0.717) is 0 Å². The van der Waals surface area contributed by atoms with Gasteiger partial charge >= 0.3 is 0 Å². The van der Waals surface area contributed by atoms with Gasteiger partial charge in [-0.1, -0.05) is 121 Å². The lowest BCUT2D eigenvalue weighted by atomic mass is 10.1. The second kappa shape index (κ2) is 11.0. The molecule has 134 valence electrons. The maximum atomic E-state index is 3.11. The molecule has 0 N–H and O–H groups in total. The lowest BCUT2D eigenvalue weighted by Gasteiger charge is -1.92. The first-order chi connectivity index (χ1) is 13.9. The Bertz CT molecular complexity index is 935. The molecule has 0 amide bonds. The van der Waals surface area contributed by atoms with Crippen LogP contribution in [-0.4, -0.2) is 0 Å². The van der Waals surface area contributed by atoms with Crippen LogP contribution in [0.5, 0.6) is 0 Å². The molecule has 0 saturated heterocycles. The number of hydrogen-bond donors (Lipinski definition) is 0. The Morgan fingerprint density at radius 1 is 0.357 bits per heavy atom. The molecular formula is C28H22. The highest BCUT2D eigenvalue weighted by Crippen LogP contribution is 2.07. The average Bonchev–Trinajstić information content (AvgIpc) is 2.80. The fourth-order valence-corrected chi connectivity index (χ4v) is 2.51. The van der Waals surface area contributed by atoms with E-state index in [0.717, 1.165) is 11.1 Å². The summed E-state index contributed by atoms with van der Waals surface area (Å²) in [6.45, 7) is 0. The van der Waals surface area contributed by atoms with E-state index in [1.54, 1.807) is 0 Å². The molecule has 4 rings (SSSR count). The third-order valence-corrected chi connectivity index (χ3v) is 3.97. The van der Waals surface area contributed by atoms with Crippen LogP contribution in [0, 0.1) is 11.8 Å². The highest BCUT2D eigenvalue weighted by Gasteiger charge is 1.85. The van der Waals surface area contributed by atoms with E-state index in [9.17, 15) is 0 Å². The Balaban J connectivity index is 0.000000161. The monoisotopic (exact) mass is 358 g/mol. The summed E-state index contributed by atoms with van der Waals surface area (Å²) in [7, 11) is 0. The van der Waals surface area contributed by atoms with E-state index in [4.69, 9.17) is 0 Å². The number of rotatable bonds is 2. The molecule has 0 fully saturated rings. The summed E-state index contributed by atoms with van der Waals surface area (Å²) in [6, 6.07) is 40.6. The molecule has 0 bridgehead atoms. The second-order valence-electron chi connectivity index (χ2n) is 6.14. The first-order valence-electron chi connectivity index (χ1n) is 9.30. The van der Waals surface area contributed by atoms with E-state index < -0.39 is 0 Å². The smallest absolute Gasteiger partial charge is 0.0249 e. The standard InChI is InChI=1S/C14H12.C14H10/c2*1-3-7-13(8-4-1)11-12-14-9-5-2-6-10-14/h1-12H;1-10H/b12-11-;. The molecule has 0 aliphatic rings. The topological polar surface area (TPSA) is 0 Å². The highest BCUT2D eigenvalue weighted by molar-refractivity contribution is 5.69. The molecule has 0 atom stereocenters. The molecule has 0 aliphatic carbocycles. The van der Waals surface area contributed by atoms with Crippen molar-refractivity contribution in [2.75, 3.05) is 0 Å². The predicted molar refractivity (Wildman–Crippen MR) is 121 cm³/mol. The summed E-state index contributed by atoms with van der Waals surface area (Å²) in [4.78, 5) is 0. The molecule has 4 aromatic rings. The Hall–Kier alpha value is -3.82. The van der Waals surface area contributed by atoms with Crippen LogP contribution in [0.2, 0.25) is 0 Å².